The molecule has 2 atom stereocenters. The highest BCUT2D eigenvalue weighted by Crippen LogP contribution is 2.44. The number of amides is 3. The van der Waals surface area contributed by atoms with Crippen molar-refractivity contribution in [2.45, 2.75) is 43.6 Å². The largest absolute Gasteiger partial charge is 0.425 e. The fourth-order valence-electron chi connectivity index (χ4n) is 4.06. The minimum absolute atomic E-state index is 0.0483. The van der Waals surface area contributed by atoms with Crippen LogP contribution in [0.1, 0.15) is 36.9 Å². The highest BCUT2D eigenvalue weighted by molar-refractivity contribution is 6.08. The molecule has 2 fully saturated rings. The molecule has 1 heterocycles. The van der Waals surface area contributed by atoms with Crippen LogP contribution in [0.3, 0.4) is 0 Å². The number of alkyl halides is 3. The van der Waals surface area contributed by atoms with Crippen LogP contribution in [-0.4, -0.2) is 40.6 Å². The van der Waals surface area contributed by atoms with Gasteiger partial charge in [0.25, 0.3) is 5.91 Å². The predicted octanol–water partition coefficient (Wildman–Crippen LogP) is 4.32. The van der Waals surface area contributed by atoms with Crippen molar-refractivity contribution < 1.29 is 27.2 Å². The van der Waals surface area contributed by atoms with Crippen LogP contribution in [0.5, 0.6) is 0 Å². The number of hydrogen-bond acceptors (Lipinski definition) is 3. The molecule has 2 aliphatic rings. The predicted molar refractivity (Wildman–Crippen MR) is 104 cm³/mol. The van der Waals surface area contributed by atoms with Crippen molar-refractivity contribution in [3.05, 3.63) is 71.5 Å². The Morgan fingerprint density at radius 2 is 1.71 bits per heavy atom. The Bertz CT molecular complexity index is 994. The van der Waals surface area contributed by atoms with Crippen LogP contribution >= 0.6 is 0 Å². The number of hydrogen-bond donors (Lipinski definition) is 1. The number of nitrogens with zero attached hydrogens (tertiary/aromatic N) is 2. The van der Waals surface area contributed by atoms with Gasteiger partial charge in [-0.1, -0.05) is 48.5 Å². The summed E-state index contributed by atoms with van der Waals surface area (Å²) < 4.78 is 56.8. The number of carbonyl (C=O) groups is 2. The molecule has 2 aromatic carbocycles. The fraction of sp³-hybridized carbons (Fsp3) is 0.364. The van der Waals surface area contributed by atoms with Crippen molar-refractivity contribution in [2.75, 3.05) is 6.67 Å². The van der Waals surface area contributed by atoms with Gasteiger partial charge in [-0.05, 0) is 31.4 Å². The molecule has 164 valence electrons. The quantitative estimate of drug-likeness (QED) is 0.543. The van der Waals surface area contributed by atoms with Crippen LogP contribution in [0.4, 0.5) is 22.4 Å². The summed E-state index contributed by atoms with van der Waals surface area (Å²) in [6, 6.07) is 11.0. The molecule has 0 radical (unpaired) electrons. The second kappa shape index (κ2) is 7.64. The number of carbonyl (C=O) groups excluding carboxylic acids is 2. The van der Waals surface area contributed by atoms with Crippen molar-refractivity contribution in [1.82, 2.24) is 15.1 Å². The SMILES string of the molecule is CC(c1ccccc1F)N(CN1C(=O)NC(c2ccccc2)(C(F)(F)F)C1=O)C1CC1. The normalized spacial score (nSPS) is 22.7. The van der Waals surface area contributed by atoms with E-state index in [0.717, 1.165) is 25.0 Å². The van der Waals surface area contributed by atoms with Gasteiger partial charge in [-0.15, -0.1) is 0 Å². The molecular weight excluding hydrogens is 414 g/mol. The van der Waals surface area contributed by atoms with Gasteiger partial charge in [-0.2, -0.15) is 13.2 Å². The Morgan fingerprint density at radius 1 is 1.10 bits per heavy atom. The van der Waals surface area contributed by atoms with E-state index in [1.165, 1.54) is 24.3 Å². The first-order chi connectivity index (χ1) is 14.7. The molecule has 2 aromatic rings. The number of urea groups is 1. The summed E-state index contributed by atoms with van der Waals surface area (Å²) in [5.41, 5.74) is -3.16. The van der Waals surface area contributed by atoms with E-state index < -0.39 is 35.5 Å². The Labute approximate surface area is 176 Å². The van der Waals surface area contributed by atoms with Gasteiger partial charge in [0.15, 0.2) is 0 Å². The minimum Gasteiger partial charge on any atom is -0.312 e. The number of imide groups is 1. The van der Waals surface area contributed by atoms with E-state index >= 15 is 0 Å². The highest BCUT2D eigenvalue weighted by Gasteiger charge is 2.68. The molecule has 1 saturated carbocycles. The lowest BCUT2D eigenvalue weighted by atomic mass is 9.89. The topological polar surface area (TPSA) is 52.6 Å². The van der Waals surface area contributed by atoms with Crippen molar-refractivity contribution in [2.24, 2.45) is 0 Å². The van der Waals surface area contributed by atoms with Crippen molar-refractivity contribution in [3.63, 3.8) is 0 Å². The fourth-order valence-corrected chi connectivity index (χ4v) is 4.06. The number of halogens is 4. The van der Waals surface area contributed by atoms with Gasteiger partial charge >= 0.3 is 12.2 Å². The third-order valence-electron chi connectivity index (χ3n) is 5.91. The maximum absolute atomic E-state index is 14.3. The third kappa shape index (κ3) is 3.56. The number of nitrogens with one attached hydrogen (secondary N) is 1. The van der Waals surface area contributed by atoms with Crippen molar-refractivity contribution in [1.29, 1.82) is 0 Å². The van der Waals surface area contributed by atoms with E-state index in [0.29, 0.717) is 10.5 Å². The lowest BCUT2D eigenvalue weighted by molar-refractivity contribution is -0.198. The molecule has 3 amide bonds. The lowest BCUT2D eigenvalue weighted by Gasteiger charge is -2.33. The standard InChI is InChI=1S/C22H21F4N3O2/c1-14(17-9-5-6-10-18(17)23)28(16-11-12-16)13-29-19(30)21(22(24,25)26,27-20(29)31)15-7-3-2-4-8-15/h2-10,14,16H,11-13H2,1H3,(H,27,31). The zero-order valence-corrected chi connectivity index (χ0v) is 16.7. The van der Waals surface area contributed by atoms with E-state index in [-0.39, 0.29) is 18.3 Å². The zero-order chi connectivity index (χ0) is 22.4. The summed E-state index contributed by atoms with van der Waals surface area (Å²) in [5, 5.41) is 1.89. The first-order valence-electron chi connectivity index (χ1n) is 9.93. The average Bonchev–Trinajstić information content (AvgIpc) is 3.53. The first-order valence-corrected chi connectivity index (χ1v) is 9.93. The highest BCUT2D eigenvalue weighted by atomic mass is 19.4. The van der Waals surface area contributed by atoms with Gasteiger partial charge in [-0.25, -0.2) is 14.1 Å². The van der Waals surface area contributed by atoms with Gasteiger partial charge in [0, 0.05) is 17.6 Å². The molecule has 0 spiro atoms. The number of rotatable bonds is 6. The minimum atomic E-state index is -5.04. The van der Waals surface area contributed by atoms with E-state index in [2.05, 4.69) is 0 Å². The average molecular weight is 435 g/mol. The number of benzene rings is 2. The molecule has 31 heavy (non-hydrogen) atoms. The third-order valence-corrected chi connectivity index (χ3v) is 5.91. The van der Waals surface area contributed by atoms with Crippen LogP contribution in [0.15, 0.2) is 54.6 Å². The van der Waals surface area contributed by atoms with Crippen molar-refractivity contribution in [3.8, 4) is 0 Å². The Hall–Kier alpha value is -2.94. The molecule has 5 nitrogen and oxygen atoms in total. The second-order valence-electron chi connectivity index (χ2n) is 7.86. The monoisotopic (exact) mass is 435 g/mol. The van der Waals surface area contributed by atoms with Gasteiger partial charge in [0.1, 0.15) is 5.82 Å². The van der Waals surface area contributed by atoms with Gasteiger partial charge in [-0.3, -0.25) is 9.69 Å². The van der Waals surface area contributed by atoms with Crippen LogP contribution < -0.4 is 5.32 Å². The van der Waals surface area contributed by atoms with Crippen molar-refractivity contribution >= 4 is 11.9 Å². The first kappa shape index (κ1) is 21.3. The molecule has 0 bridgehead atoms. The molecule has 0 aromatic heterocycles. The van der Waals surface area contributed by atoms with E-state index in [1.54, 1.807) is 30.0 Å². The maximum atomic E-state index is 14.3. The molecule has 1 saturated heterocycles. The van der Waals surface area contributed by atoms with Crippen LogP contribution in [0, 0.1) is 5.82 Å². The summed E-state index contributed by atoms with van der Waals surface area (Å²) in [4.78, 5) is 28.0. The summed E-state index contributed by atoms with van der Waals surface area (Å²) >= 11 is 0. The molecule has 9 heteroatoms. The Balaban J connectivity index is 1.67. The van der Waals surface area contributed by atoms with Gasteiger partial charge in [0.2, 0.25) is 5.54 Å². The smallest absolute Gasteiger partial charge is 0.312 e. The molecule has 1 aliphatic heterocycles. The molecular formula is C22H21F4N3O2. The summed E-state index contributed by atoms with van der Waals surface area (Å²) in [5.74, 6) is -1.84. The van der Waals surface area contributed by atoms with Crippen LogP contribution in [0.25, 0.3) is 0 Å². The summed E-state index contributed by atoms with van der Waals surface area (Å²) in [6.45, 7) is 1.35. The van der Waals surface area contributed by atoms with Gasteiger partial charge < -0.3 is 5.32 Å². The Morgan fingerprint density at radius 3 is 2.29 bits per heavy atom. The molecule has 2 unspecified atom stereocenters. The van der Waals surface area contributed by atoms with E-state index in [4.69, 9.17) is 0 Å². The molecule has 4 rings (SSSR count). The second-order valence-corrected chi connectivity index (χ2v) is 7.86. The van der Waals surface area contributed by atoms with E-state index in [1.807, 2.05) is 5.32 Å². The maximum Gasteiger partial charge on any atom is 0.425 e. The molecule has 1 aliphatic carbocycles. The summed E-state index contributed by atoms with van der Waals surface area (Å²) in [6.07, 6.45) is -3.53. The van der Waals surface area contributed by atoms with Crippen LogP contribution in [-0.2, 0) is 10.3 Å². The zero-order valence-electron chi connectivity index (χ0n) is 16.7. The lowest BCUT2D eigenvalue weighted by Crippen LogP contribution is -2.56. The molecule has 1 N–H and O–H groups in total. The van der Waals surface area contributed by atoms with Gasteiger partial charge in [0.05, 0.1) is 6.67 Å². The Kier molecular flexibility index (Phi) is 5.25. The summed E-state index contributed by atoms with van der Waals surface area (Å²) in [7, 11) is 0. The van der Waals surface area contributed by atoms with E-state index in [9.17, 15) is 27.2 Å². The van der Waals surface area contributed by atoms with Crippen LogP contribution in [0.2, 0.25) is 0 Å².